The normalized spacial score (nSPS) is 18.7. The molecule has 4 rings (SSSR count). The van der Waals surface area contributed by atoms with Crippen LogP contribution in [0, 0.1) is 5.92 Å². The second-order valence-corrected chi connectivity index (χ2v) is 9.44. The average Bonchev–Trinajstić information content (AvgIpc) is 3.44. The maximum Gasteiger partial charge on any atom is 0.407 e. The molecule has 1 fully saturated rings. The van der Waals surface area contributed by atoms with Crippen molar-refractivity contribution >= 4 is 29.7 Å². The molecule has 0 radical (unpaired) electrons. The Morgan fingerprint density at radius 1 is 1.03 bits per heavy atom. The Morgan fingerprint density at radius 3 is 2.35 bits per heavy atom. The molecule has 0 bridgehead atoms. The van der Waals surface area contributed by atoms with Crippen LogP contribution in [0.2, 0.25) is 0 Å². The highest BCUT2D eigenvalue weighted by Crippen LogP contribution is 2.44. The standard InChI is InChI=1S/C25H28N2O6S/c28-23(27-12-17-11-16(13-32-17)24(29)30)15-34-10-9-26-25(31)33-14-22-20-7-3-1-5-18(20)19-6-2-4-8-21(19)22/h1-8,16-17,22H,9-15H2,(H,26,31)(H,27,28)(H,29,30)/t16-,17-/m0/s1. The number of ether oxygens (including phenoxy) is 2. The number of alkyl carbamates (subject to hydrolysis) is 1. The molecule has 0 spiro atoms. The van der Waals surface area contributed by atoms with Crippen LogP contribution < -0.4 is 10.6 Å². The number of aliphatic carboxylic acids is 1. The number of hydrogen-bond donors (Lipinski definition) is 3. The predicted octanol–water partition coefficient (Wildman–Crippen LogP) is 2.86. The molecule has 0 unspecified atom stereocenters. The Hall–Kier alpha value is -3.04. The summed E-state index contributed by atoms with van der Waals surface area (Å²) in [6.45, 7) is 1.15. The molecule has 1 aliphatic carbocycles. The third-order valence-electron chi connectivity index (χ3n) is 6.05. The van der Waals surface area contributed by atoms with Crippen LogP contribution in [-0.4, -0.2) is 67.0 Å². The fourth-order valence-corrected chi connectivity index (χ4v) is 5.02. The van der Waals surface area contributed by atoms with E-state index < -0.39 is 18.0 Å². The molecule has 2 atom stereocenters. The van der Waals surface area contributed by atoms with Crippen molar-refractivity contribution in [2.24, 2.45) is 5.92 Å². The van der Waals surface area contributed by atoms with Crippen LogP contribution in [0.25, 0.3) is 11.1 Å². The molecule has 1 aliphatic heterocycles. The topological polar surface area (TPSA) is 114 Å². The lowest BCUT2D eigenvalue weighted by molar-refractivity contribution is -0.141. The third-order valence-corrected chi connectivity index (χ3v) is 7.01. The van der Waals surface area contributed by atoms with Gasteiger partial charge in [-0.2, -0.15) is 11.8 Å². The molecule has 8 nitrogen and oxygen atoms in total. The molecule has 1 saturated heterocycles. The molecule has 2 amide bonds. The number of nitrogens with one attached hydrogen (secondary N) is 2. The molecule has 2 aromatic carbocycles. The molecular weight excluding hydrogens is 456 g/mol. The summed E-state index contributed by atoms with van der Waals surface area (Å²) in [6.07, 6.45) is -0.323. The van der Waals surface area contributed by atoms with Gasteiger partial charge in [0.15, 0.2) is 0 Å². The second-order valence-electron chi connectivity index (χ2n) is 8.34. The minimum Gasteiger partial charge on any atom is -0.481 e. The predicted molar refractivity (Wildman–Crippen MR) is 129 cm³/mol. The lowest BCUT2D eigenvalue weighted by Gasteiger charge is -2.14. The summed E-state index contributed by atoms with van der Waals surface area (Å²) < 4.78 is 10.9. The third kappa shape index (κ3) is 5.90. The molecule has 0 aromatic heterocycles. The van der Waals surface area contributed by atoms with Crippen molar-refractivity contribution in [2.45, 2.75) is 18.4 Å². The van der Waals surface area contributed by atoms with Gasteiger partial charge in [-0.15, -0.1) is 0 Å². The molecule has 2 aromatic rings. The summed E-state index contributed by atoms with van der Waals surface area (Å²) in [4.78, 5) is 35.0. The first-order chi connectivity index (χ1) is 16.5. The van der Waals surface area contributed by atoms with E-state index in [1.807, 2.05) is 24.3 Å². The molecule has 34 heavy (non-hydrogen) atoms. The highest BCUT2D eigenvalue weighted by molar-refractivity contribution is 7.99. The van der Waals surface area contributed by atoms with Crippen LogP contribution in [0.5, 0.6) is 0 Å². The minimum absolute atomic E-state index is 0.0193. The number of carboxylic acids is 1. The van der Waals surface area contributed by atoms with E-state index in [0.29, 0.717) is 25.3 Å². The van der Waals surface area contributed by atoms with Crippen LogP contribution in [0.1, 0.15) is 23.5 Å². The van der Waals surface area contributed by atoms with Gasteiger partial charge in [-0.1, -0.05) is 48.5 Å². The summed E-state index contributed by atoms with van der Waals surface area (Å²) in [6, 6.07) is 16.4. The number of carbonyl (C=O) groups is 3. The Kier molecular flexibility index (Phi) is 8.08. The van der Waals surface area contributed by atoms with E-state index in [-0.39, 0.29) is 36.9 Å². The maximum absolute atomic E-state index is 12.2. The molecule has 1 heterocycles. The first-order valence-electron chi connectivity index (χ1n) is 11.3. The van der Waals surface area contributed by atoms with E-state index in [1.54, 1.807) is 0 Å². The Morgan fingerprint density at radius 2 is 1.71 bits per heavy atom. The summed E-state index contributed by atoms with van der Waals surface area (Å²) in [5, 5.41) is 14.5. The zero-order valence-electron chi connectivity index (χ0n) is 18.7. The highest BCUT2D eigenvalue weighted by Gasteiger charge is 2.31. The van der Waals surface area contributed by atoms with Gasteiger partial charge in [-0.3, -0.25) is 9.59 Å². The maximum atomic E-state index is 12.2. The van der Waals surface area contributed by atoms with Gasteiger partial charge >= 0.3 is 12.1 Å². The van der Waals surface area contributed by atoms with Crippen molar-refractivity contribution in [1.29, 1.82) is 0 Å². The highest BCUT2D eigenvalue weighted by atomic mass is 32.2. The van der Waals surface area contributed by atoms with E-state index in [9.17, 15) is 14.4 Å². The van der Waals surface area contributed by atoms with Gasteiger partial charge in [0, 0.05) is 24.8 Å². The number of fused-ring (bicyclic) bond motifs is 3. The van der Waals surface area contributed by atoms with Crippen molar-refractivity contribution in [3.63, 3.8) is 0 Å². The van der Waals surface area contributed by atoms with Gasteiger partial charge in [-0.25, -0.2) is 4.79 Å². The van der Waals surface area contributed by atoms with Crippen LogP contribution in [0.4, 0.5) is 4.79 Å². The van der Waals surface area contributed by atoms with Crippen molar-refractivity contribution < 1.29 is 29.0 Å². The fourth-order valence-electron chi connectivity index (χ4n) is 4.34. The van der Waals surface area contributed by atoms with Gasteiger partial charge in [-0.05, 0) is 28.7 Å². The van der Waals surface area contributed by atoms with E-state index in [4.69, 9.17) is 14.6 Å². The van der Waals surface area contributed by atoms with Crippen molar-refractivity contribution in [3.8, 4) is 11.1 Å². The quantitative estimate of drug-likeness (QED) is 0.444. The van der Waals surface area contributed by atoms with E-state index in [1.165, 1.54) is 34.0 Å². The summed E-state index contributed by atoms with van der Waals surface area (Å²) in [5.41, 5.74) is 4.70. The number of benzene rings is 2. The van der Waals surface area contributed by atoms with Gasteiger partial charge in [0.05, 0.1) is 24.4 Å². The summed E-state index contributed by atoms with van der Waals surface area (Å²) >= 11 is 1.40. The van der Waals surface area contributed by atoms with Crippen molar-refractivity contribution in [2.75, 3.05) is 37.8 Å². The summed E-state index contributed by atoms with van der Waals surface area (Å²) in [7, 11) is 0. The second kappa shape index (κ2) is 11.4. The van der Waals surface area contributed by atoms with Crippen LogP contribution in [-0.2, 0) is 19.1 Å². The molecule has 0 saturated carbocycles. The van der Waals surface area contributed by atoms with Gasteiger partial charge in [0.2, 0.25) is 5.91 Å². The van der Waals surface area contributed by atoms with Crippen molar-refractivity contribution in [1.82, 2.24) is 10.6 Å². The van der Waals surface area contributed by atoms with Crippen LogP contribution in [0.3, 0.4) is 0 Å². The molecule has 2 aliphatic rings. The Bertz CT molecular complexity index is 1000. The van der Waals surface area contributed by atoms with Gasteiger partial charge in [0.25, 0.3) is 0 Å². The number of rotatable bonds is 10. The average molecular weight is 485 g/mol. The monoisotopic (exact) mass is 484 g/mol. The Balaban J connectivity index is 1.10. The summed E-state index contributed by atoms with van der Waals surface area (Å²) in [5.74, 6) is -0.673. The van der Waals surface area contributed by atoms with E-state index >= 15 is 0 Å². The largest absolute Gasteiger partial charge is 0.481 e. The Labute approximate surface area is 202 Å². The number of carbonyl (C=O) groups excluding carboxylic acids is 2. The first kappa shape index (κ1) is 24.1. The van der Waals surface area contributed by atoms with Gasteiger partial charge in [0.1, 0.15) is 6.61 Å². The molecule has 9 heteroatoms. The lowest BCUT2D eigenvalue weighted by Crippen LogP contribution is -2.33. The van der Waals surface area contributed by atoms with Gasteiger partial charge < -0.3 is 25.2 Å². The zero-order valence-corrected chi connectivity index (χ0v) is 19.5. The van der Waals surface area contributed by atoms with E-state index in [0.717, 1.165) is 0 Å². The van der Waals surface area contributed by atoms with Crippen LogP contribution in [0.15, 0.2) is 48.5 Å². The number of carboxylic acid groups (broad SMARTS) is 1. The minimum atomic E-state index is -0.867. The lowest BCUT2D eigenvalue weighted by atomic mass is 9.98. The number of thioether (sulfide) groups is 1. The SMILES string of the molecule is O=C(CSCCNC(=O)OCC1c2ccccc2-c2ccccc21)NC[C@@H]1C[C@H](C(=O)O)CO1. The van der Waals surface area contributed by atoms with Crippen molar-refractivity contribution in [3.05, 3.63) is 59.7 Å². The smallest absolute Gasteiger partial charge is 0.407 e. The fraction of sp³-hybridized carbons (Fsp3) is 0.400. The van der Waals surface area contributed by atoms with E-state index in [2.05, 4.69) is 34.9 Å². The number of amides is 2. The van der Waals surface area contributed by atoms with Crippen LogP contribution >= 0.6 is 11.8 Å². The number of hydrogen-bond acceptors (Lipinski definition) is 6. The molecular formula is C25H28N2O6S. The zero-order chi connectivity index (χ0) is 23.9. The first-order valence-corrected chi connectivity index (χ1v) is 12.5. The molecule has 180 valence electrons. The molecule has 3 N–H and O–H groups in total.